The first kappa shape index (κ1) is 19.7. The molecule has 1 atom stereocenters. The highest BCUT2D eigenvalue weighted by Crippen LogP contribution is 2.25. The van der Waals surface area contributed by atoms with Gasteiger partial charge in [0.05, 0.1) is 5.69 Å². The lowest BCUT2D eigenvalue weighted by Crippen LogP contribution is -2.49. The maximum Gasteiger partial charge on any atom is 0.123 e. The molecule has 1 fully saturated rings. The van der Waals surface area contributed by atoms with E-state index in [2.05, 4.69) is 22.5 Å². The summed E-state index contributed by atoms with van der Waals surface area (Å²) in [5, 5.41) is 7.41. The number of aromatic nitrogens is 1. The van der Waals surface area contributed by atoms with Crippen LogP contribution in [0.3, 0.4) is 0 Å². The first-order chi connectivity index (χ1) is 9.72. The molecular formula is C15H20Cl3N3S. The fourth-order valence-electron chi connectivity index (χ4n) is 2.43. The molecule has 1 aliphatic heterocycles. The monoisotopic (exact) mass is 379 g/mol. The second-order valence-electron chi connectivity index (χ2n) is 5.17. The molecule has 3 nitrogen and oxygen atoms in total. The number of hydrogen-bond acceptors (Lipinski definition) is 4. The largest absolute Gasteiger partial charge is 0.314 e. The topological polar surface area (TPSA) is 28.2 Å². The van der Waals surface area contributed by atoms with Gasteiger partial charge in [0.25, 0.3) is 0 Å². The minimum Gasteiger partial charge on any atom is -0.314 e. The van der Waals surface area contributed by atoms with Crippen LogP contribution in [0.1, 0.15) is 12.6 Å². The molecule has 1 aliphatic rings. The third-order valence-electron chi connectivity index (χ3n) is 3.65. The highest BCUT2D eigenvalue weighted by atomic mass is 35.5. The molecule has 2 aromatic rings. The molecule has 3 rings (SSSR count). The summed E-state index contributed by atoms with van der Waals surface area (Å²) in [6.45, 7) is 6.42. The van der Waals surface area contributed by atoms with Gasteiger partial charge in [0, 0.05) is 48.2 Å². The van der Waals surface area contributed by atoms with Crippen LogP contribution < -0.4 is 5.32 Å². The molecule has 1 aromatic heterocycles. The van der Waals surface area contributed by atoms with E-state index in [1.54, 1.807) is 11.3 Å². The smallest absolute Gasteiger partial charge is 0.123 e. The Bertz CT molecular complexity index is 574. The SMILES string of the molecule is C[C@@H]1CNCCN1Cc1csc(-c2ccc(Cl)cc2)n1.Cl.Cl. The minimum atomic E-state index is 0. The maximum absolute atomic E-state index is 5.92. The van der Waals surface area contributed by atoms with E-state index < -0.39 is 0 Å². The van der Waals surface area contributed by atoms with Crippen LogP contribution in [0.4, 0.5) is 0 Å². The fourth-order valence-corrected chi connectivity index (χ4v) is 3.37. The van der Waals surface area contributed by atoms with E-state index in [9.17, 15) is 0 Å². The van der Waals surface area contributed by atoms with Crippen LogP contribution in [0.25, 0.3) is 10.6 Å². The van der Waals surface area contributed by atoms with Gasteiger partial charge in [0.2, 0.25) is 0 Å². The number of thiazole rings is 1. The molecule has 0 radical (unpaired) electrons. The van der Waals surface area contributed by atoms with E-state index in [1.807, 2.05) is 24.3 Å². The summed E-state index contributed by atoms with van der Waals surface area (Å²) < 4.78 is 0. The van der Waals surface area contributed by atoms with Gasteiger partial charge < -0.3 is 5.32 Å². The van der Waals surface area contributed by atoms with Crippen molar-refractivity contribution in [1.82, 2.24) is 15.2 Å². The molecule has 0 bridgehead atoms. The van der Waals surface area contributed by atoms with Crippen LogP contribution in [0.5, 0.6) is 0 Å². The third kappa shape index (κ3) is 4.82. The lowest BCUT2D eigenvalue weighted by Gasteiger charge is -2.33. The van der Waals surface area contributed by atoms with Gasteiger partial charge in [0.1, 0.15) is 5.01 Å². The number of rotatable bonds is 3. The van der Waals surface area contributed by atoms with Gasteiger partial charge in [-0.25, -0.2) is 4.98 Å². The van der Waals surface area contributed by atoms with Crippen molar-refractivity contribution >= 4 is 47.8 Å². The summed E-state index contributed by atoms with van der Waals surface area (Å²) in [7, 11) is 0. The first-order valence-electron chi connectivity index (χ1n) is 6.87. The van der Waals surface area contributed by atoms with Crippen LogP contribution >= 0.6 is 47.8 Å². The van der Waals surface area contributed by atoms with Crippen molar-refractivity contribution in [2.45, 2.75) is 19.5 Å². The molecule has 1 N–H and O–H groups in total. The van der Waals surface area contributed by atoms with Gasteiger partial charge >= 0.3 is 0 Å². The van der Waals surface area contributed by atoms with Crippen LogP contribution in [0.15, 0.2) is 29.6 Å². The average molecular weight is 381 g/mol. The van der Waals surface area contributed by atoms with E-state index in [0.717, 1.165) is 47.5 Å². The van der Waals surface area contributed by atoms with Crippen LogP contribution in [-0.2, 0) is 6.54 Å². The highest BCUT2D eigenvalue weighted by Gasteiger charge is 2.18. The van der Waals surface area contributed by atoms with Crippen LogP contribution in [-0.4, -0.2) is 35.6 Å². The van der Waals surface area contributed by atoms with E-state index in [0.29, 0.717) is 6.04 Å². The number of piperazine rings is 1. The zero-order valence-electron chi connectivity index (χ0n) is 12.3. The molecule has 1 aromatic carbocycles. The molecule has 0 saturated carbocycles. The fraction of sp³-hybridized carbons (Fsp3) is 0.400. The molecular weight excluding hydrogens is 361 g/mol. The van der Waals surface area contributed by atoms with Crippen LogP contribution in [0.2, 0.25) is 5.02 Å². The van der Waals surface area contributed by atoms with Crippen molar-refractivity contribution in [3.8, 4) is 10.6 Å². The number of benzene rings is 1. The number of hydrogen-bond donors (Lipinski definition) is 1. The van der Waals surface area contributed by atoms with Crippen molar-refractivity contribution in [3.63, 3.8) is 0 Å². The Labute approximate surface area is 152 Å². The van der Waals surface area contributed by atoms with E-state index >= 15 is 0 Å². The lowest BCUT2D eigenvalue weighted by atomic mass is 10.2. The summed E-state index contributed by atoms with van der Waals surface area (Å²) in [5.74, 6) is 0. The van der Waals surface area contributed by atoms with E-state index in [1.165, 1.54) is 0 Å². The number of nitrogens with one attached hydrogen (secondary N) is 1. The summed E-state index contributed by atoms with van der Waals surface area (Å²) in [6, 6.07) is 8.45. The van der Waals surface area contributed by atoms with E-state index in [-0.39, 0.29) is 24.8 Å². The summed E-state index contributed by atoms with van der Waals surface area (Å²) in [5.41, 5.74) is 2.30. The standard InChI is InChI=1S/C15H18ClN3S.2ClH/c1-11-8-17-6-7-19(11)9-14-10-20-15(18-14)12-2-4-13(16)5-3-12;;/h2-5,10-11,17H,6-9H2,1H3;2*1H/t11-;;/m1../s1. The molecule has 0 unspecified atom stereocenters. The predicted molar refractivity (Wildman–Crippen MR) is 99.8 cm³/mol. The lowest BCUT2D eigenvalue weighted by molar-refractivity contribution is 0.164. The first-order valence-corrected chi connectivity index (χ1v) is 8.13. The summed E-state index contributed by atoms with van der Waals surface area (Å²) in [6.07, 6.45) is 0. The predicted octanol–water partition coefficient (Wildman–Crippen LogP) is 4.10. The summed E-state index contributed by atoms with van der Waals surface area (Å²) in [4.78, 5) is 7.24. The normalized spacial score (nSPS) is 18.4. The maximum atomic E-state index is 5.92. The Morgan fingerprint density at radius 1 is 1.32 bits per heavy atom. The van der Waals surface area contributed by atoms with Crippen molar-refractivity contribution in [1.29, 1.82) is 0 Å². The van der Waals surface area contributed by atoms with Crippen molar-refractivity contribution in [2.24, 2.45) is 0 Å². The number of nitrogens with zero attached hydrogens (tertiary/aromatic N) is 2. The molecule has 7 heteroatoms. The van der Waals surface area contributed by atoms with E-state index in [4.69, 9.17) is 16.6 Å². The van der Waals surface area contributed by atoms with Crippen LogP contribution in [0, 0.1) is 0 Å². The Morgan fingerprint density at radius 2 is 2.05 bits per heavy atom. The van der Waals surface area contributed by atoms with Crippen molar-refractivity contribution < 1.29 is 0 Å². The van der Waals surface area contributed by atoms with Gasteiger partial charge in [-0.2, -0.15) is 0 Å². The molecule has 0 aliphatic carbocycles. The van der Waals surface area contributed by atoms with Crippen molar-refractivity contribution in [3.05, 3.63) is 40.4 Å². The Hall–Kier alpha value is -0.360. The molecule has 1 saturated heterocycles. The zero-order valence-corrected chi connectivity index (χ0v) is 15.5. The minimum absolute atomic E-state index is 0. The average Bonchev–Trinajstić information content (AvgIpc) is 2.91. The molecule has 22 heavy (non-hydrogen) atoms. The molecule has 2 heterocycles. The van der Waals surface area contributed by atoms with Gasteiger partial charge in [-0.05, 0) is 19.1 Å². The van der Waals surface area contributed by atoms with Gasteiger partial charge in [0.15, 0.2) is 0 Å². The van der Waals surface area contributed by atoms with Gasteiger partial charge in [-0.1, -0.05) is 23.7 Å². The van der Waals surface area contributed by atoms with Gasteiger partial charge in [-0.3, -0.25) is 4.90 Å². The zero-order chi connectivity index (χ0) is 13.9. The third-order valence-corrected chi connectivity index (χ3v) is 4.84. The Morgan fingerprint density at radius 3 is 2.73 bits per heavy atom. The quantitative estimate of drug-likeness (QED) is 0.869. The molecule has 0 amide bonds. The Balaban J connectivity index is 0.00000121. The Kier molecular flexibility index (Phi) is 8.11. The second-order valence-corrected chi connectivity index (χ2v) is 6.47. The highest BCUT2D eigenvalue weighted by molar-refractivity contribution is 7.13. The van der Waals surface area contributed by atoms with Crippen molar-refractivity contribution in [2.75, 3.05) is 19.6 Å². The second kappa shape index (κ2) is 9.06. The van der Waals surface area contributed by atoms with Gasteiger partial charge in [-0.15, -0.1) is 36.2 Å². The molecule has 122 valence electrons. The molecule has 0 spiro atoms. The summed E-state index contributed by atoms with van der Waals surface area (Å²) >= 11 is 7.62. The number of halogens is 3.